The molecule has 1 amide bonds. The number of piperidine rings is 1. The average Bonchev–Trinajstić information content (AvgIpc) is 2.96. The van der Waals surface area contributed by atoms with Crippen LogP contribution in [-0.4, -0.2) is 63.5 Å². The van der Waals surface area contributed by atoms with Gasteiger partial charge in [-0.05, 0) is 57.7 Å². The molecule has 0 aromatic carbocycles. The average molecular weight is 376 g/mol. The van der Waals surface area contributed by atoms with E-state index >= 15 is 0 Å². The minimum absolute atomic E-state index is 0. The van der Waals surface area contributed by atoms with Gasteiger partial charge in [0.05, 0.1) is 11.7 Å². The summed E-state index contributed by atoms with van der Waals surface area (Å²) in [4.78, 5) is 14.5. The normalized spacial score (nSPS) is 16.5. The standard InChI is InChI=1S/C16H29N5OS.ClH/c1-5-23-11-8-12(2)20(4)16(22)15-13(3)21(19-18-15)14-6-9-17-10-7-14;/h12,14,17H,5-11H2,1-4H3;1H. The van der Waals surface area contributed by atoms with Gasteiger partial charge >= 0.3 is 0 Å². The Hall–Kier alpha value is -0.790. The molecule has 0 radical (unpaired) electrons. The van der Waals surface area contributed by atoms with Crippen LogP contribution in [0.1, 0.15) is 55.3 Å². The molecule has 24 heavy (non-hydrogen) atoms. The molecule has 2 rings (SSSR count). The van der Waals surface area contributed by atoms with Crippen molar-refractivity contribution in [1.29, 1.82) is 0 Å². The number of hydrogen-bond donors (Lipinski definition) is 1. The van der Waals surface area contributed by atoms with Gasteiger partial charge in [0.25, 0.3) is 5.91 Å². The number of nitrogens with zero attached hydrogens (tertiary/aromatic N) is 4. The van der Waals surface area contributed by atoms with Gasteiger partial charge < -0.3 is 10.2 Å². The van der Waals surface area contributed by atoms with E-state index in [1.165, 1.54) is 0 Å². The summed E-state index contributed by atoms with van der Waals surface area (Å²) in [6, 6.07) is 0.568. The van der Waals surface area contributed by atoms with Crippen molar-refractivity contribution < 1.29 is 4.79 Å². The maximum atomic E-state index is 12.7. The molecule has 1 fully saturated rings. The van der Waals surface area contributed by atoms with Crippen molar-refractivity contribution in [3.8, 4) is 0 Å². The lowest BCUT2D eigenvalue weighted by molar-refractivity contribution is 0.0734. The Balaban J connectivity index is 0.00000288. The summed E-state index contributed by atoms with van der Waals surface area (Å²) in [7, 11) is 1.87. The molecule has 8 heteroatoms. The molecule has 1 atom stereocenters. The topological polar surface area (TPSA) is 63.1 Å². The van der Waals surface area contributed by atoms with Crippen LogP contribution in [-0.2, 0) is 0 Å². The summed E-state index contributed by atoms with van der Waals surface area (Å²) < 4.78 is 1.94. The number of rotatable bonds is 7. The van der Waals surface area contributed by atoms with Crippen molar-refractivity contribution in [3.63, 3.8) is 0 Å². The summed E-state index contributed by atoms with van der Waals surface area (Å²) in [5, 5.41) is 11.8. The van der Waals surface area contributed by atoms with Crippen molar-refractivity contribution in [1.82, 2.24) is 25.2 Å². The first-order chi connectivity index (χ1) is 11.1. The first-order valence-electron chi connectivity index (χ1n) is 8.53. The third kappa shape index (κ3) is 5.10. The van der Waals surface area contributed by atoms with E-state index in [1.807, 2.05) is 30.4 Å². The van der Waals surface area contributed by atoms with Crippen LogP contribution < -0.4 is 5.32 Å². The van der Waals surface area contributed by atoms with Crippen LogP contribution >= 0.6 is 24.2 Å². The molecule has 0 aliphatic carbocycles. The number of thioether (sulfide) groups is 1. The molecule has 0 spiro atoms. The van der Waals surface area contributed by atoms with Crippen LogP contribution in [0.25, 0.3) is 0 Å². The van der Waals surface area contributed by atoms with E-state index in [0.29, 0.717) is 11.7 Å². The van der Waals surface area contributed by atoms with Crippen molar-refractivity contribution in [2.75, 3.05) is 31.6 Å². The molecule has 1 unspecified atom stereocenters. The third-order valence-electron chi connectivity index (χ3n) is 4.65. The van der Waals surface area contributed by atoms with Crippen LogP contribution in [0.2, 0.25) is 0 Å². The lowest BCUT2D eigenvalue weighted by atomic mass is 10.1. The maximum Gasteiger partial charge on any atom is 0.276 e. The number of hydrogen-bond acceptors (Lipinski definition) is 5. The van der Waals surface area contributed by atoms with Gasteiger partial charge in [-0.2, -0.15) is 11.8 Å². The van der Waals surface area contributed by atoms with Crippen molar-refractivity contribution in [3.05, 3.63) is 11.4 Å². The Morgan fingerprint density at radius 2 is 2.12 bits per heavy atom. The summed E-state index contributed by atoms with van der Waals surface area (Å²) in [6.07, 6.45) is 3.08. The van der Waals surface area contributed by atoms with Crippen LogP contribution in [0.15, 0.2) is 0 Å². The molecule has 1 N–H and O–H groups in total. The highest BCUT2D eigenvalue weighted by atomic mass is 35.5. The predicted molar refractivity (Wildman–Crippen MR) is 102 cm³/mol. The minimum Gasteiger partial charge on any atom is -0.338 e. The number of carbonyl (C=O) groups excluding carboxylic acids is 1. The number of carbonyl (C=O) groups is 1. The van der Waals surface area contributed by atoms with Crippen LogP contribution in [0.5, 0.6) is 0 Å². The van der Waals surface area contributed by atoms with Gasteiger partial charge in [-0.1, -0.05) is 12.1 Å². The smallest absolute Gasteiger partial charge is 0.276 e. The molecule has 6 nitrogen and oxygen atoms in total. The first-order valence-corrected chi connectivity index (χ1v) is 9.69. The van der Waals surface area contributed by atoms with Crippen LogP contribution in [0.3, 0.4) is 0 Å². The largest absolute Gasteiger partial charge is 0.338 e. The summed E-state index contributed by atoms with van der Waals surface area (Å²) in [6.45, 7) is 8.21. The van der Waals surface area contributed by atoms with Crippen molar-refractivity contribution in [2.24, 2.45) is 0 Å². The van der Waals surface area contributed by atoms with E-state index in [9.17, 15) is 4.79 Å². The summed E-state index contributed by atoms with van der Waals surface area (Å²) in [5.41, 5.74) is 1.39. The summed E-state index contributed by atoms with van der Waals surface area (Å²) >= 11 is 1.91. The fraction of sp³-hybridized carbons (Fsp3) is 0.812. The molecule has 0 bridgehead atoms. The maximum absolute atomic E-state index is 12.7. The van der Waals surface area contributed by atoms with Gasteiger partial charge in [-0.3, -0.25) is 4.79 Å². The van der Waals surface area contributed by atoms with E-state index in [-0.39, 0.29) is 24.4 Å². The third-order valence-corrected chi connectivity index (χ3v) is 5.58. The van der Waals surface area contributed by atoms with E-state index in [2.05, 4.69) is 29.5 Å². The van der Waals surface area contributed by atoms with Gasteiger partial charge in [0.2, 0.25) is 0 Å². The van der Waals surface area contributed by atoms with Crippen molar-refractivity contribution in [2.45, 2.75) is 52.1 Å². The van der Waals surface area contributed by atoms with Crippen LogP contribution in [0.4, 0.5) is 0 Å². The lowest BCUT2D eigenvalue weighted by Gasteiger charge is -2.25. The number of aromatic nitrogens is 3. The Morgan fingerprint density at radius 1 is 1.46 bits per heavy atom. The number of halogens is 1. The predicted octanol–water partition coefficient (Wildman–Crippen LogP) is 2.54. The molecule has 2 heterocycles. The fourth-order valence-corrected chi connectivity index (χ4v) is 3.69. The highest BCUT2D eigenvalue weighted by Gasteiger charge is 2.26. The van der Waals surface area contributed by atoms with Gasteiger partial charge in [0.15, 0.2) is 5.69 Å². The number of nitrogens with one attached hydrogen (secondary N) is 1. The molecule has 138 valence electrons. The van der Waals surface area contributed by atoms with E-state index in [1.54, 1.807) is 4.90 Å². The highest BCUT2D eigenvalue weighted by Crippen LogP contribution is 2.21. The van der Waals surface area contributed by atoms with E-state index < -0.39 is 0 Å². The van der Waals surface area contributed by atoms with Gasteiger partial charge in [0, 0.05) is 13.1 Å². The minimum atomic E-state index is -0.0170. The molecule has 1 saturated heterocycles. The summed E-state index contributed by atoms with van der Waals surface area (Å²) in [5.74, 6) is 2.18. The zero-order valence-corrected chi connectivity index (χ0v) is 16.8. The Kier molecular flexibility index (Phi) is 9.08. The Morgan fingerprint density at radius 3 is 2.75 bits per heavy atom. The van der Waals surface area contributed by atoms with Gasteiger partial charge in [-0.15, -0.1) is 17.5 Å². The second-order valence-corrected chi connectivity index (χ2v) is 7.59. The Bertz CT molecular complexity index is 519. The lowest BCUT2D eigenvalue weighted by Crippen LogP contribution is -2.36. The first kappa shape index (κ1) is 21.3. The van der Waals surface area contributed by atoms with Crippen molar-refractivity contribution >= 4 is 30.1 Å². The van der Waals surface area contributed by atoms with Crippen LogP contribution in [0, 0.1) is 6.92 Å². The second kappa shape index (κ2) is 10.3. The highest BCUT2D eigenvalue weighted by molar-refractivity contribution is 7.99. The molecule has 0 saturated carbocycles. The van der Waals surface area contributed by atoms with E-state index in [0.717, 1.165) is 49.6 Å². The SMILES string of the molecule is CCSCCC(C)N(C)C(=O)c1nnn(C2CCNCC2)c1C.Cl. The van der Waals surface area contributed by atoms with Gasteiger partial charge in [-0.25, -0.2) is 4.68 Å². The Labute approximate surface area is 155 Å². The second-order valence-electron chi connectivity index (χ2n) is 6.20. The van der Waals surface area contributed by atoms with Gasteiger partial charge in [0.1, 0.15) is 0 Å². The molecule has 1 aromatic heterocycles. The molecular weight excluding hydrogens is 346 g/mol. The zero-order valence-electron chi connectivity index (χ0n) is 15.1. The molecule has 1 aliphatic rings. The fourth-order valence-electron chi connectivity index (χ4n) is 2.90. The molecule has 1 aromatic rings. The number of amides is 1. The zero-order chi connectivity index (χ0) is 16.8. The quantitative estimate of drug-likeness (QED) is 0.742. The molecular formula is C16H30ClN5OS. The monoisotopic (exact) mass is 375 g/mol. The van der Waals surface area contributed by atoms with E-state index in [4.69, 9.17) is 0 Å². The molecule has 1 aliphatic heterocycles.